The van der Waals surface area contributed by atoms with Crippen molar-refractivity contribution in [3.63, 3.8) is 0 Å². The van der Waals surface area contributed by atoms with E-state index >= 15 is 0 Å². The van der Waals surface area contributed by atoms with E-state index in [0.29, 0.717) is 12.8 Å². The molecule has 1 atom stereocenters. The van der Waals surface area contributed by atoms with Crippen LogP contribution in [0.25, 0.3) is 0 Å². The van der Waals surface area contributed by atoms with Crippen molar-refractivity contribution in [1.82, 2.24) is 4.72 Å². The lowest BCUT2D eigenvalue weighted by molar-refractivity contribution is 0.103. The van der Waals surface area contributed by atoms with Crippen LogP contribution in [0.1, 0.15) is 55.5 Å². The maximum Gasteiger partial charge on any atom is 0.360 e. The number of unbranched alkanes of at least 4 members (excludes halogenated alkanes) is 2. The molecule has 7 nitrogen and oxygen atoms in total. The maximum absolute atomic E-state index is 14.6. The van der Waals surface area contributed by atoms with Gasteiger partial charge in [0.05, 0.1) is 22.6 Å². The van der Waals surface area contributed by atoms with E-state index in [-0.39, 0.29) is 39.5 Å². The molecule has 3 rings (SSSR count). The van der Waals surface area contributed by atoms with E-state index in [1.807, 2.05) is 13.8 Å². The fraction of sp³-hybridized carbons (Fsp3) is 0.375. The number of benzene rings is 2. The molecule has 0 spiro atoms. The Hall–Kier alpha value is -1.61. The summed E-state index contributed by atoms with van der Waals surface area (Å²) >= 11 is 3.26. The molecular formula is C24H29BrNO6PS. The van der Waals surface area contributed by atoms with Crippen LogP contribution in [0.4, 0.5) is 0 Å². The summed E-state index contributed by atoms with van der Waals surface area (Å²) in [6.07, 6.45) is 4.09. The summed E-state index contributed by atoms with van der Waals surface area (Å²) in [6.45, 7) is 4.14. The van der Waals surface area contributed by atoms with Crippen molar-refractivity contribution < 1.29 is 26.8 Å². The number of allylic oxidation sites excluding steroid dienone is 1. The van der Waals surface area contributed by atoms with Gasteiger partial charge >= 0.3 is 7.60 Å². The molecule has 0 aliphatic heterocycles. The molecule has 1 aliphatic carbocycles. The van der Waals surface area contributed by atoms with Gasteiger partial charge in [-0.2, -0.15) is 4.72 Å². The average molecular weight is 570 g/mol. The third-order valence-corrected chi connectivity index (χ3v) is 10.0. The molecule has 10 heteroatoms. The largest absolute Gasteiger partial charge is 0.360 e. The van der Waals surface area contributed by atoms with E-state index in [2.05, 4.69) is 20.7 Å². The Bertz CT molecular complexity index is 1190. The molecule has 1 N–H and O–H groups in total. The van der Waals surface area contributed by atoms with Crippen molar-refractivity contribution >= 4 is 39.3 Å². The Morgan fingerprint density at radius 2 is 1.50 bits per heavy atom. The van der Waals surface area contributed by atoms with Crippen LogP contribution in [-0.4, -0.2) is 27.4 Å². The van der Waals surface area contributed by atoms with Gasteiger partial charge in [-0.05, 0) is 47.0 Å². The van der Waals surface area contributed by atoms with Crippen LogP contribution >= 0.6 is 23.5 Å². The predicted molar refractivity (Wildman–Crippen MR) is 136 cm³/mol. The summed E-state index contributed by atoms with van der Waals surface area (Å²) in [5.41, 5.74) is 0.435. The molecule has 0 saturated carbocycles. The normalized spacial score (nSPS) is 18.4. The van der Waals surface area contributed by atoms with Gasteiger partial charge in [-0.1, -0.05) is 69.2 Å². The lowest BCUT2D eigenvalue weighted by atomic mass is 9.92. The van der Waals surface area contributed by atoms with Crippen molar-refractivity contribution in [3.05, 3.63) is 76.3 Å². The third-order valence-electron chi connectivity index (χ3n) is 5.43. The van der Waals surface area contributed by atoms with Crippen molar-refractivity contribution in [2.24, 2.45) is 0 Å². The minimum Gasteiger partial charge on any atom is -0.307 e. The molecule has 2 aromatic carbocycles. The van der Waals surface area contributed by atoms with Crippen molar-refractivity contribution in [3.8, 4) is 0 Å². The number of hydrogen-bond donors (Lipinski definition) is 1. The summed E-state index contributed by atoms with van der Waals surface area (Å²) < 4.78 is 56.2. The monoisotopic (exact) mass is 569 g/mol. The number of rotatable bonds is 12. The highest BCUT2D eigenvalue weighted by atomic mass is 79.9. The second-order valence-corrected chi connectivity index (χ2v) is 12.7. The first-order valence-corrected chi connectivity index (χ1v) is 15.0. The van der Waals surface area contributed by atoms with E-state index in [1.165, 1.54) is 18.2 Å². The minimum atomic E-state index is -4.25. The second-order valence-electron chi connectivity index (χ2n) is 7.92. The van der Waals surface area contributed by atoms with Gasteiger partial charge in [0.2, 0.25) is 10.0 Å². The number of ketones is 1. The summed E-state index contributed by atoms with van der Waals surface area (Å²) in [7, 11) is -8.45. The number of halogens is 1. The smallest absolute Gasteiger partial charge is 0.307 e. The van der Waals surface area contributed by atoms with Gasteiger partial charge in [-0.25, -0.2) is 8.42 Å². The Balaban J connectivity index is 2.26. The molecular weight excluding hydrogens is 541 g/mol. The molecule has 1 unspecified atom stereocenters. The highest BCUT2D eigenvalue weighted by Crippen LogP contribution is 2.67. The number of fused-ring (bicyclic) bond motifs is 1. The molecule has 2 aromatic rings. The van der Waals surface area contributed by atoms with Crippen LogP contribution in [0.15, 0.2) is 70.1 Å². The van der Waals surface area contributed by atoms with E-state index in [1.54, 1.807) is 42.5 Å². The quantitative estimate of drug-likeness (QED) is 0.244. The zero-order valence-corrected chi connectivity index (χ0v) is 22.5. The molecule has 1 aliphatic rings. The molecule has 0 aromatic heterocycles. The zero-order chi connectivity index (χ0) is 24.8. The summed E-state index contributed by atoms with van der Waals surface area (Å²) in [5, 5.41) is -1.95. The molecule has 0 heterocycles. The highest BCUT2D eigenvalue weighted by Gasteiger charge is 2.57. The fourth-order valence-corrected chi connectivity index (χ4v) is 8.35. The van der Waals surface area contributed by atoms with Gasteiger partial charge in [0.1, 0.15) is 0 Å². The lowest BCUT2D eigenvalue weighted by Crippen LogP contribution is -2.47. The van der Waals surface area contributed by atoms with Crippen LogP contribution in [0, 0.1) is 0 Å². The summed E-state index contributed by atoms with van der Waals surface area (Å²) in [4.78, 5) is 12.9. The van der Waals surface area contributed by atoms with E-state index in [9.17, 15) is 17.8 Å². The van der Waals surface area contributed by atoms with Crippen molar-refractivity contribution in [2.45, 2.75) is 49.7 Å². The molecule has 0 radical (unpaired) electrons. The molecule has 0 saturated heterocycles. The topological polar surface area (TPSA) is 98.8 Å². The zero-order valence-electron chi connectivity index (χ0n) is 19.2. The molecule has 0 bridgehead atoms. The van der Waals surface area contributed by atoms with Crippen LogP contribution in [-0.2, 0) is 28.9 Å². The molecule has 34 heavy (non-hydrogen) atoms. The molecule has 184 valence electrons. The number of carbonyl (C=O) groups is 1. The Morgan fingerprint density at radius 1 is 0.941 bits per heavy atom. The fourth-order valence-electron chi connectivity index (χ4n) is 3.60. The van der Waals surface area contributed by atoms with Gasteiger partial charge in [0, 0.05) is 11.1 Å². The molecule has 0 fully saturated rings. The Morgan fingerprint density at radius 3 is 2.09 bits per heavy atom. The van der Waals surface area contributed by atoms with Crippen LogP contribution in [0.3, 0.4) is 0 Å². The van der Waals surface area contributed by atoms with Crippen LogP contribution < -0.4 is 4.72 Å². The summed E-state index contributed by atoms with van der Waals surface area (Å²) in [6, 6.07) is 14.3. The number of hydrogen-bond acceptors (Lipinski definition) is 6. The first-order valence-electron chi connectivity index (χ1n) is 11.2. The second kappa shape index (κ2) is 11.4. The van der Waals surface area contributed by atoms with Gasteiger partial charge < -0.3 is 9.05 Å². The van der Waals surface area contributed by atoms with Crippen molar-refractivity contribution in [2.75, 3.05) is 13.2 Å². The Labute approximate surface area is 209 Å². The summed E-state index contributed by atoms with van der Waals surface area (Å²) in [5.74, 6) is -0.348. The maximum atomic E-state index is 14.6. The van der Waals surface area contributed by atoms with E-state index in [0.717, 1.165) is 12.8 Å². The minimum absolute atomic E-state index is 0.0121. The van der Waals surface area contributed by atoms with E-state index < -0.39 is 22.9 Å². The van der Waals surface area contributed by atoms with Gasteiger partial charge in [-0.15, -0.1) is 0 Å². The van der Waals surface area contributed by atoms with Gasteiger partial charge in [0.15, 0.2) is 11.1 Å². The van der Waals surface area contributed by atoms with Gasteiger partial charge in [-0.3, -0.25) is 9.36 Å². The lowest BCUT2D eigenvalue weighted by Gasteiger charge is -2.40. The standard InChI is InChI=1S/C24H29BrNO6PS/c1-3-5-16-31-33(28,32-17-6-4-2)24(26-34(29,30)19-12-8-7-9-13-19)18-22(25)23(27)20-14-10-11-15-21(20)24/h7-15,18,26H,3-6,16-17H2,1-2H3. The van der Waals surface area contributed by atoms with Crippen LogP contribution in [0.5, 0.6) is 0 Å². The number of Topliss-reactive ketones (excluding diaryl/α,β-unsaturated/α-hetero) is 1. The number of nitrogens with one attached hydrogen (secondary N) is 1. The first kappa shape index (κ1) is 27.0. The predicted octanol–water partition coefficient (Wildman–Crippen LogP) is 6.12. The average Bonchev–Trinajstić information content (AvgIpc) is 2.83. The van der Waals surface area contributed by atoms with Crippen molar-refractivity contribution in [1.29, 1.82) is 0 Å². The highest BCUT2D eigenvalue weighted by molar-refractivity contribution is 9.12. The SMILES string of the molecule is CCCCOP(=O)(OCCCC)C1(NS(=O)(=O)c2ccccc2)C=C(Br)C(=O)c2ccccc21. The first-order chi connectivity index (χ1) is 16.2. The molecule has 0 amide bonds. The third kappa shape index (κ3) is 5.45. The van der Waals surface area contributed by atoms with Crippen LogP contribution in [0.2, 0.25) is 0 Å². The Kier molecular flexibility index (Phi) is 9.06. The van der Waals surface area contributed by atoms with Gasteiger partial charge in [0.25, 0.3) is 0 Å². The van der Waals surface area contributed by atoms with E-state index in [4.69, 9.17) is 9.05 Å². The number of carbonyl (C=O) groups excluding carboxylic acids is 1. The number of sulfonamides is 1.